The summed E-state index contributed by atoms with van der Waals surface area (Å²) < 4.78 is 0. The Morgan fingerprint density at radius 1 is 0.905 bits per heavy atom. The highest BCUT2D eigenvalue weighted by Gasteiger charge is 2.79. The molecule has 0 N–H and O–H groups in total. The van der Waals surface area contributed by atoms with Gasteiger partial charge < -0.3 is 0 Å². The van der Waals surface area contributed by atoms with E-state index in [0.29, 0.717) is 5.41 Å². The van der Waals surface area contributed by atoms with Crippen molar-refractivity contribution in [3.63, 3.8) is 0 Å². The number of rotatable bonds is 1. The van der Waals surface area contributed by atoms with Gasteiger partial charge in [-0.15, -0.1) is 0 Å². The minimum atomic E-state index is 0.000671. The van der Waals surface area contributed by atoms with Crippen LogP contribution >= 0.6 is 0 Å². The normalized spacial score (nSPS) is 45.6. The van der Waals surface area contributed by atoms with Crippen molar-refractivity contribution >= 4 is 0 Å². The molecule has 1 aromatic rings. The summed E-state index contributed by atoms with van der Waals surface area (Å²) in [6, 6.07) is 11.2. The first kappa shape index (κ1) is 12.4. The number of fused-ring (bicyclic) bond motifs is 3. The number of hydrogen-bond donors (Lipinski definition) is 0. The van der Waals surface area contributed by atoms with Gasteiger partial charge >= 0.3 is 0 Å². The molecule has 2 heteroatoms. The van der Waals surface area contributed by atoms with Crippen molar-refractivity contribution in [1.82, 2.24) is 0 Å². The topological polar surface area (TPSA) is 24.7 Å². The first-order valence-corrected chi connectivity index (χ1v) is 8.74. The second-order valence-electron chi connectivity index (χ2n) is 7.91. The smallest absolute Gasteiger partial charge is 0.118 e. The molecule has 3 fully saturated rings. The third-order valence-electron chi connectivity index (χ3n) is 7.56. The Labute approximate surface area is 127 Å². The zero-order valence-corrected chi connectivity index (χ0v) is 12.9. The van der Waals surface area contributed by atoms with Gasteiger partial charge in [0.2, 0.25) is 0 Å². The van der Waals surface area contributed by atoms with E-state index < -0.39 is 0 Å². The van der Waals surface area contributed by atoms with Crippen molar-refractivity contribution in [3.05, 3.63) is 35.9 Å². The van der Waals surface area contributed by atoms with Gasteiger partial charge in [-0.3, -0.25) is 0 Å². The highest BCUT2D eigenvalue weighted by molar-refractivity contribution is 5.41. The lowest BCUT2D eigenvalue weighted by atomic mass is 9.60. The van der Waals surface area contributed by atoms with Gasteiger partial charge in [-0.25, -0.2) is 0 Å². The highest BCUT2D eigenvalue weighted by atomic mass is 15.3. The Balaban J connectivity index is 1.80. The fourth-order valence-corrected chi connectivity index (χ4v) is 6.86. The Morgan fingerprint density at radius 2 is 1.62 bits per heavy atom. The van der Waals surface area contributed by atoms with Gasteiger partial charge in [0.15, 0.2) is 0 Å². The summed E-state index contributed by atoms with van der Waals surface area (Å²) in [7, 11) is 0. The molecule has 3 aliphatic carbocycles. The van der Waals surface area contributed by atoms with E-state index in [2.05, 4.69) is 37.3 Å². The summed E-state index contributed by atoms with van der Waals surface area (Å²) in [4.78, 5) is 0. The standard InChI is InChI=1S/C19H24N2/c1-17-15-10-7-11-16(15)19(21-20-17,14-8-3-2-4-9-14)18(17)12-5-6-13-18/h2-4,8-9,15-16H,5-7,10-13H2,1H3. The number of hydrogen-bond acceptors (Lipinski definition) is 2. The van der Waals surface area contributed by atoms with Crippen LogP contribution < -0.4 is 0 Å². The third kappa shape index (κ3) is 1.12. The van der Waals surface area contributed by atoms with Gasteiger partial charge in [0.05, 0.1) is 5.54 Å². The quantitative estimate of drug-likeness (QED) is 0.684. The maximum Gasteiger partial charge on any atom is 0.118 e. The minimum Gasteiger partial charge on any atom is -0.186 e. The highest BCUT2D eigenvalue weighted by Crippen LogP contribution is 2.78. The van der Waals surface area contributed by atoms with Crippen molar-refractivity contribution < 1.29 is 0 Å². The molecule has 1 aromatic carbocycles. The van der Waals surface area contributed by atoms with Crippen LogP contribution in [0.25, 0.3) is 0 Å². The maximum atomic E-state index is 5.08. The SMILES string of the molecule is CC12N=NC(c3ccccc3)(C3CCCC31)C21CCCC1. The van der Waals surface area contributed by atoms with Crippen molar-refractivity contribution in [3.8, 4) is 0 Å². The molecule has 2 nitrogen and oxygen atoms in total. The van der Waals surface area contributed by atoms with Crippen LogP contribution in [-0.4, -0.2) is 5.54 Å². The number of benzene rings is 1. The molecule has 1 spiro atoms. The molecular formula is C19H24N2. The van der Waals surface area contributed by atoms with Crippen LogP contribution in [0.15, 0.2) is 40.6 Å². The van der Waals surface area contributed by atoms with E-state index in [9.17, 15) is 0 Å². The summed E-state index contributed by atoms with van der Waals surface area (Å²) in [6.07, 6.45) is 9.51. The first-order chi connectivity index (χ1) is 10.2. The Hall–Kier alpha value is -1.18. The van der Waals surface area contributed by atoms with Crippen LogP contribution in [0.5, 0.6) is 0 Å². The van der Waals surface area contributed by atoms with E-state index in [1.165, 1.54) is 50.5 Å². The Kier molecular flexibility index (Phi) is 2.22. The molecule has 4 aliphatic rings. The molecule has 0 radical (unpaired) electrons. The summed E-state index contributed by atoms with van der Waals surface area (Å²) in [5.41, 5.74) is 1.88. The molecule has 110 valence electrons. The van der Waals surface area contributed by atoms with Crippen molar-refractivity contribution in [2.24, 2.45) is 27.5 Å². The van der Waals surface area contributed by atoms with Crippen molar-refractivity contribution in [2.45, 2.75) is 62.9 Å². The molecule has 4 unspecified atom stereocenters. The first-order valence-electron chi connectivity index (χ1n) is 8.74. The van der Waals surface area contributed by atoms with Crippen LogP contribution in [0.4, 0.5) is 0 Å². The van der Waals surface area contributed by atoms with Gasteiger partial charge in [0, 0.05) is 5.41 Å². The van der Waals surface area contributed by atoms with E-state index in [1.807, 2.05) is 0 Å². The largest absolute Gasteiger partial charge is 0.186 e. The zero-order chi connectivity index (χ0) is 14.1. The lowest BCUT2D eigenvalue weighted by molar-refractivity contribution is 0.111. The minimum absolute atomic E-state index is 0.000671. The van der Waals surface area contributed by atoms with Gasteiger partial charge in [-0.1, -0.05) is 49.6 Å². The zero-order valence-electron chi connectivity index (χ0n) is 12.9. The van der Waals surface area contributed by atoms with E-state index in [1.54, 1.807) is 0 Å². The van der Waals surface area contributed by atoms with Gasteiger partial charge in [-0.05, 0) is 50.0 Å². The molecule has 4 atom stereocenters. The van der Waals surface area contributed by atoms with Crippen molar-refractivity contribution in [1.29, 1.82) is 0 Å². The summed E-state index contributed by atoms with van der Waals surface area (Å²) in [6.45, 7) is 2.45. The van der Waals surface area contributed by atoms with Gasteiger partial charge in [0.25, 0.3) is 0 Å². The fourth-order valence-electron chi connectivity index (χ4n) is 6.86. The second-order valence-corrected chi connectivity index (χ2v) is 7.91. The molecule has 1 heterocycles. The second kappa shape index (κ2) is 3.77. The van der Waals surface area contributed by atoms with E-state index in [4.69, 9.17) is 10.2 Å². The van der Waals surface area contributed by atoms with Crippen molar-refractivity contribution in [2.75, 3.05) is 0 Å². The molecule has 2 bridgehead atoms. The molecule has 5 rings (SSSR count). The molecule has 0 saturated heterocycles. The average Bonchev–Trinajstić information content (AvgIpc) is 3.26. The van der Waals surface area contributed by atoms with E-state index >= 15 is 0 Å². The van der Waals surface area contributed by atoms with E-state index in [0.717, 1.165) is 11.8 Å². The predicted molar refractivity (Wildman–Crippen MR) is 83.1 cm³/mol. The van der Waals surface area contributed by atoms with Gasteiger partial charge in [-0.2, -0.15) is 10.2 Å². The van der Waals surface area contributed by atoms with Crippen LogP contribution in [0.2, 0.25) is 0 Å². The lowest BCUT2D eigenvalue weighted by Crippen LogP contribution is -2.47. The van der Waals surface area contributed by atoms with Crippen LogP contribution in [0, 0.1) is 17.3 Å². The van der Waals surface area contributed by atoms with Crippen LogP contribution in [-0.2, 0) is 5.54 Å². The third-order valence-corrected chi connectivity index (χ3v) is 7.56. The predicted octanol–water partition coefficient (Wildman–Crippen LogP) is 5.10. The fraction of sp³-hybridized carbons (Fsp3) is 0.684. The van der Waals surface area contributed by atoms with E-state index in [-0.39, 0.29) is 11.1 Å². The molecule has 21 heavy (non-hydrogen) atoms. The van der Waals surface area contributed by atoms with Crippen LogP contribution in [0.3, 0.4) is 0 Å². The average molecular weight is 280 g/mol. The molecule has 0 amide bonds. The molecule has 0 aromatic heterocycles. The molecular weight excluding hydrogens is 256 g/mol. The lowest BCUT2D eigenvalue weighted by Gasteiger charge is -2.43. The summed E-state index contributed by atoms with van der Waals surface area (Å²) in [5, 5.41) is 10.1. The van der Waals surface area contributed by atoms with Gasteiger partial charge in [0.1, 0.15) is 5.54 Å². The maximum absolute atomic E-state index is 5.08. The molecule has 3 saturated carbocycles. The monoisotopic (exact) mass is 280 g/mol. The Morgan fingerprint density at radius 3 is 2.38 bits per heavy atom. The summed E-state index contributed by atoms with van der Waals surface area (Å²) >= 11 is 0. The van der Waals surface area contributed by atoms with Crippen LogP contribution in [0.1, 0.15) is 57.4 Å². The molecule has 1 aliphatic heterocycles. The number of azo groups is 1. The summed E-state index contributed by atoms with van der Waals surface area (Å²) in [5.74, 6) is 1.51. The Bertz CT molecular complexity index is 601. The number of nitrogens with zero attached hydrogens (tertiary/aromatic N) is 2.